The van der Waals surface area contributed by atoms with Crippen molar-refractivity contribution in [1.82, 2.24) is 10.5 Å². The molecule has 0 fully saturated rings. The number of aromatic nitrogens is 2. The van der Waals surface area contributed by atoms with Gasteiger partial charge in [-0.1, -0.05) is 0 Å². The van der Waals surface area contributed by atoms with Crippen LogP contribution < -0.4 is 10.2 Å². The first kappa shape index (κ1) is 10.4. The van der Waals surface area contributed by atoms with Crippen molar-refractivity contribution in [2.45, 2.75) is 19.9 Å². The van der Waals surface area contributed by atoms with E-state index in [2.05, 4.69) is 15.1 Å². The first-order valence-corrected chi connectivity index (χ1v) is 4.88. The van der Waals surface area contributed by atoms with E-state index in [1.165, 1.54) is 6.07 Å². The van der Waals surface area contributed by atoms with E-state index in [4.69, 9.17) is 0 Å². The summed E-state index contributed by atoms with van der Waals surface area (Å²) >= 11 is 0. The Hall–Kier alpha value is -2.11. The Bertz CT molecular complexity index is 533. The van der Waals surface area contributed by atoms with Gasteiger partial charge in [0.2, 0.25) is 11.0 Å². The second kappa shape index (κ2) is 3.80. The fourth-order valence-electron chi connectivity index (χ4n) is 1.36. The van der Waals surface area contributed by atoms with Crippen molar-refractivity contribution in [2.75, 3.05) is 0 Å². The lowest BCUT2D eigenvalue weighted by Crippen LogP contribution is -2.30. The Kier molecular flexibility index (Phi) is 2.47. The maximum Gasteiger partial charge on any atom is 0.251 e. The first-order chi connectivity index (χ1) is 7.58. The van der Waals surface area contributed by atoms with Crippen molar-refractivity contribution in [3.8, 4) is 0 Å². The average molecular weight is 221 g/mol. The molecule has 1 N–H and O–H groups in total. The van der Waals surface area contributed by atoms with E-state index in [9.17, 15) is 10.0 Å². The largest absolute Gasteiger partial charge is 0.359 e. The van der Waals surface area contributed by atoms with Crippen LogP contribution in [0.3, 0.4) is 0 Å². The van der Waals surface area contributed by atoms with E-state index in [0.29, 0.717) is 11.1 Å². The summed E-state index contributed by atoms with van der Waals surface area (Å²) in [5.41, 5.74) is 1.08. The molecular weight excluding hydrogens is 210 g/mol. The van der Waals surface area contributed by atoms with Crippen LogP contribution in [0.1, 0.15) is 24.2 Å². The lowest BCUT2D eigenvalue weighted by Gasteiger charge is -2.07. The van der Waals surface area contributed by atoms with Gasteiger partial charge in [-0.15, -0.1) is 0 Å². The number of carbonyl (C=O) groups excluding carboxylic acids is 1. The predicted octanol–water partition coefficient (Wildman–Crippen LogP) is 0.599. The zero-order chi connectivity index (χ0) is 11.7. The van der Waals surface area contributed by atoms with Crippen LogP contribution >= 0.6 is 0 Å². The molecule has 84 valence electrons. The van der Waals surface area contributed by atoms with Crippen LogP contribution in [0.25, 0.3) is 11.0 Å². The minimum Gasteiger partial charge on any atom is -0.359 e. The molecule has 0 saturated heterocycles. The molecule has 0 saturated carbocycles. The molecule has 0 bridgehead atoms. The highest BCUT2D eigenvalue weighted by molar-refractivity contribution is 5.96. The highest BCUT2D eigenvalue weighted by Gasteiger charge is 2.13. The van der Waals surface area contributed by atoms with Crippen molar-refractivity contribution < 1.29 is 14.3 Å². The first-order valence-electron chi connectivity index (χ1n) is 4.88. The van der Waals surface area contributed by atoms with Gasteiger partial charge in [0.05, 0.1) is 0 Å². The molecule has 1 amide bonds. The van der Waals surface area contributed by atoms with Gasteiger partial charge < -0.3 is 10.5 Å². The van der Waals surface area contributed by atoms with Gasteiger partial charge in [0.25, 0.3) is 5.91 Å². The van der Waals surface area contributed by atoms with Gasteiger partial charge in [0, 0.05) is 22.8 Å². The molecule has 6 nitrogen and oxygen atoms in total. The molecule has 2 aromatic rings. The normalized spacial score (nSPS) is 10.9. The van der Waals surface area contributed by atoms with Gasteiger partial charge in [0.15, 0.2) is 0 Å². The fourth-order valence-corrected chi connectivity index (χ4v) is 1.36. The lowest BCUT2D eigenvalue weighted by atomic mass is 10.2. The Morgan fingerprint density at radius 2 is 2.31 bits per heavy atom. The molecule has 0 aliphatic rings. The van der Waals surface area contributed by atoms with Crippen LogP contribution in [0.4, 0.5) is 0 Å². The minimum absolute atomic E-state index is 0.0463. The summed E-state index contributed by atoms with van der Waals surface area (Å²) < 4.78 is 4.41. The molecule has 6 heteroatoms. The van der Waals surface area contributed by atoms with Crippen LogP contribution in [0.2, 0.25) is 0 Å². The van der Waals surface area contributed by atoms with Crippen LogP contribution in [0.15, 0.2) is 22.8 Å². The van der Waals surface area contributed by atoms with E-state index in [1.54, 1.807) is 12.1 Å². The quantitative estimate of drug-likeness (QED) is 0.753. The summed E-state index contributed by atoms with van der Waals surface area (Å²) in [4.78, 5) is 11.9. The number of hydrogen-bond acceptors (Lipinski definition) is 4. The van der Waals surface area contributed by atoms with Crippen molar-refractivity contribution >= 4 is 16.9 Å². The third-order valence-corrected chi connectivity index (χ3v) is 2.07. The Balaban J connectivity index is 2.38. The lowest BCUT2D eigenvalue weighted by molar-refractivity contribution is -0.782. The molecule has 0 spiro atoms. The number of hydrogen-bond donors (Lipinski definition) is 1. The number of rotatable bonds is 2. The molecule has 16 heavy (non-hydrogen) atoms. The highest BCUT2D eigenvalue weighted by atomic mass is 16.8. The second-order valence-corrected chi connectivity index (χ2v) is 3.76. The van der Waals surface area contributed by atoms with Crippen LogP contribution in [-0.2, 0) is 0 Å². The number of nitrogens with one attached hydrogen (secondary N) is 1. The molecule has 2 rings (SSSR count). The van der Waals surface area contributed by atoms with E-state index < -0.39 is 0 Å². The van der Waals surface area contributed by atoms with Gasteiger partial charge in [0.1, 0.15) is 0 Å². The number of fused-ring (bicyclic) bond motifs is 1. The molecular formula is C10H11N3O3. The predicted molar refractivity (Wildman–Crippen MR) is 55.6 cm³/mol. The van der Waals surface area contributed by atoms with E-state index in [1.807, 2.05) is 13.8 Å². The number of nitrogens with zero attached hydrogens (tertiary/aromatic N) is 2. The van der Waals surface area contributed by atoms with Crippen molar-refractivity contribution in [3.63, 3.8) is 0 Å². The fraction of sp³-hybridized carbons (Fsp3) is 0.300. The SMILES string of the molecule is CC(C)NC(=O)c1ccc2no[n+]([O-])c2c1. The molecule has 0 atom stereocenters. The standard InChI is InChI=1S/C10H11N3O3/c1-6(2)11-10(14)7-3-4-8-9(5-7)13(15)16-12-8/h3-6H,1-2H3,(H,11,14). The van der Waals surface area contributed by atoms with E-state index in [-0.39, 0.29) is 22.4 Å². The highest BCUT2D eigenvalue weighted by Crippen LogP contribution is 2.10. The number of benzene rings is 1. The second-order valence-electron chi connectivity index (χ2n) is 3.76. The summed E-state index contributed by atoms with van der Waals surface area (Å²) in [6, 6.07) is 4.67. The average Bonchev–Trinajstić information content (AvgIpc) is 2.59. The van der Waals surface area contributed by atoms with Crippen LogP contribution in [-0.4, -0.2) is 17.1 Å². The Morgan fingerprint density at radius 3 is 3.00 bits per heavy atom. The molecule has 0 unspecified atom stereocenters. The maximum absolute atomic E-state index is 11.7. The van der Waals surface area contributed by atoms with Gasteiger partial charge in [-0.3, -0.25) is 9.42 Å². The van der Waals surface area contributed by atoms with Crippen molar-refractivity contribution in [3.05, 3.63) is 29.0 Å². The smallest absolute Gasteiger partial charge is 0.251 e. The van der Waals surface area contributed by atoms with E-state index in [0.717, 1.165) is 0 Å². The third-order valence-electron chi connectivity index (χ3n) is 2.07. The summed E-state index contributed by atoms with van der Waals surface area (Å²) in [6.07, 6.45) is 0. The monoisotopic (exact) mass is 221 g/mol. The van der Waals surface area contributed by atoms with Gasteiger partial charge >= 0.3 is 0 Å². The van der Waals surface area contributed by atoms with Crippen molar-refractivity contribution in [1.29, 1.82) is 0 Å². The maximum atomic E-state index is 11.7. The molecule has 0 aliphatic heterocycles. The summed E-state index contributed by atoms with van der Waals surface area (Å²) in [5.74, 6) is -0.224. The molecule has 1 aromatic carbocycles. The van der Waals surface area contributed by atoms with Gasteiger partial charge in [-0.2, -0.15) is 0 Å². The summed E-state index contributed by atoms with van der Waals surface area (Å²) in [6.45, 7) is 3.73. The van der Waals surface area contributed by atoms with Crippen molar-refractivity contribution in [2.24, 2.45) is 0 Å². The van der Waals surface area contributed by atoms with Gasteiger partial charge in [-0.25, -0.2) is 0 Å². The van der Waals surface area contributed by atoms with Gasteiger partial charge in [-0.05, 0) is 30.9 Å². The minimum atomic E-state index is -0.224. The van der Waals surface area contributed by atoms with Crippen LogP contribution in [0, 0.1) is 5.21 Å². The zero-order valence-electron chi connectivity index (χ0n) is 8.93. The zero-order valence-corrected chi connectivity index (χ0v) is 8.93. The Morgan fingerprint density at radius 1 is 1.56 bits per heavy atom. The molecule has 1 heterocycles. The number of amides is 1. The molecule has 1 aromatic heterocycles. The molecule has 0 radical (unpaired) electrons. The van der Waals surface area contributed by atoms with Crippen LogP contribution in [0.5, 0.6) is 0 Å². The summed E-state index contributed by atoms with van der Waals surface area (Å²) in [5, 5.41) is 17.4. The Labute approximate surface area is 91.4 Å². The third kappa shape index (κ3) is 1.81. The number of carbonyl (C=O) groups is 1. The van der Waals surface area contributed by atoms with E-state index >= 15 is 0 Å². The molecule has 0 aliphatic carbocycles. The topological polar surface area (TPSA) is 82.1 Å². The summed E-state index contributed by atoms with van der Waals surface area (Å²) in [7, 11) is 0.